The van der Waals surface area contributed by atoms with E-state index in [1.54, 1.807) is 0 Å². The van der Waals surface area contributed by atoms with Gasteiger partial charge in [0.05, 0.1) is 6.61 Å². The minimum Gasteiger partial charge on any atom is -0.504 e. The molecule has 7 N–H and O–H groups in total. The Kier molecular flexibility index (Phi) is 4.75. The van der Waals surface area contributed by atoms with E-state index in [-0.39, 0.29) is 13.0 Å². The third-order valence-corrected chi connectivity index (χ3v) is 2.44. The molecule has 1 aromatic carbocycles. The number of amides is 1. The molecule has 18 heavy (non-hydrogen) atoms. The monoisotopic (exact) mass is 256 g/mol. The van der Waals surface area contributed by atoms with Crippen molar-refractivity contribution in [3.63, 3.8) is 0 Å². The van der Waals surface area contributed by atoms with Crippen LogP contribution < -0.4 is 11.1 Å². The SMILES string of the molecule is N[C@@H](CO)C(=O)NCCc1ccc(O)c(O)c1O. The summed E-state index contributed by atoms with van der Waals surface area (Å²) in [5.41, 5.74) is 5.66. The van der Waals surface area contributed by atoms with Crippen molar-refractivity contribution in [2.24, 2.45) is 5.73 Å². The summed E-state index contributed by atoms with van der Waals surface area (Å²) in [6.07, 6.45) is 0.254. The molecule has 0 bridgehead atoms. The number of nitrogens with one attached hydrogen (secondary N) is 1. The summed E-state index contributed by atoms with van der Waals surface area (Å²) in [7, 11) is 0. The summed E-state index contributed by atoms with van der Waals surface area (Å²) in [5, 5.41) is 39.0. The van der Waals surface area contributed by atoms with Gasteiger partial charge < -0.3 is 31.5 Å². The van der Waals surface area contributed by atoms with Gasteiger partial charge in [-0.15, -0.1) is 0 Å². The van der Waals surface area contributed by atoms with Crippen LogP contribution in [0.3, 0.4) is 0 Å². The van der Waals surface area contributed by atoms with Crippen LogP contribution in [0, 0.1) is 0 Å². The highest BCUT2D eigenvalue weighted by Gasteiger charge is 2.13. The van der Waals surface area contributed by atoms with Gasteiger partial charge in [-0.3, -0.25) is 4.79 Å². The number of phenols is 3. The first-order valence-electron chi connectivity index (χ1n) is 5.34. The topological polar surface area (TPSA) is 136 Å². The number of benzene rings is 1. The Balaban J connectivity index is 2.55. The second kappa shape index (κ2) is 6.08. The molecule has 0 aliphatic heterocycles. The van der Waals surface area contributed by atoms with E-state index in [0.717, 1.165) is 0 Å². The Labute approximate surface area is 103 Å². The summed E-state index contributed by atoms with van der Waals surface area (Å²) < 4.78 is 0. The number of aromatic hydroxyl groups is 3. The zero-order chi connectivity index (χ0) is 13.7. The zero-order valence-electron chi connectivity index (χ0n) is 9.63. The maximum absolute atomic E-state index is 11.2. The van der Waals surface area contributed by atoms with Crippen LogP contribution in [0.5, 0.6) is 17.2 Å². The van der Waals surface area contributed by atoms with Crippen molar-refractivity contribution in [2.75, 3.05) is 13.2 Å². The van der Waals surface area contributed by atoms with Crippen LogP contribution in [0.1, 0.15) is 5.56 Å². The minimum atomic E-state index is -0.980. The van der Waals surface area contributed by atoms with E-state index in [4.69, 9.17) is 15.9 Å². The van der Waals surface area contributed by atoms with Gasteiger partial charge in [-0.25, -0.2) is 0 Å². The quantitative estimate of drug-likeness (QED) is 0.365. The first kappa shape index (κ1) is 14.1. The number of aliphatic hydroxyl groups is 1. The molecule has 7 heteroatoms. The van der Waals surface area contributed by atoms with E-state index in [9.17, 15) is 15.0 Å². The lowest BCUT2D eigenvalue weighted by Gasteiger charge is -2.11. The average molecular weight is 256 g/mol. The number of nitrogens with two attached hydrogens (primary N) is 1. The summed E-state index contributed by atoms with van der Waals surface area (Å²) in [4.78, 5) is 11.2. The zero-order valence-corrected chi connectivity index (χ0v) is 9.63. The molecule has 0 saturated carbocycles. The maximum atomic E-state index is 11.2. The van der Waals surface area contributed by atoms with E-state index in [2.05, 4.69) is 5.32 Å². The van der Waals surface area contributed by atoms with E-state index in [1.165, 1.54) is 12.1 Å². The molecule has 0 aliphatic rings. The third-order valence-electron chi connectivity index (χ3n) is 2.44. The Morgan fingerprint density at radius 1 is 1.28 bits per heavy atom. The van der Waals surface area contributed by atoms with Crippen LogP contribution in [0.25, 0.3) is 0 Å². The summed E-state index contributed by atoms with van der Waals surface area (Å²) >= 11 is 0. The second-order valence-electron chi connectivity index (χ2n) is 3.77. The number of phenolic OH excluding ortho intramolecular Hbond substituents is 3. The minimum absolute atomic E-state index is 0.185. The third kappa shape index (κ3) is 3.25. The maximum Gasteiger partial charge on any atom is 0.239 e. The molecule has 0 spiro atoms. The molecule has 0 unspecified atom stereocenters. The number of rotatable bonds is 5. The summed E-state index contributed by atoms with van der Waals surface area (Å²) in [6.45, 7) is -0.263. The largest absolute Gasteiger partial charge is 0.504 e. The number of hydrogen-bond donors (Lipinski definition) is 6. The Bertz CT molecular complexity index is 436. The van der Waals surface area contributed by atoms with E-state index >= 15 is 0 Å². The number of carbonyl (C=O) groups is 1. The van der Waals surface area contributed by atoms with Crippen molar-refractivity contribution in [3.05, 3.63) is 17.7 Å². The van der Waals surface area contributed by atoms with Gasteiger partial charge in [0.1, 0.15) is 6.04 Å². The van der Waals surface area contributed by atoms with Crippen LogP contribution in [0.2, 0.25) is 0 Å². The predicted molar refractivity (Wildman–Crippen MR) is 63.2 cm³/mol. The molecule has 0 radical (unpaired) electrons. The molecule has 100 valence electrons. The molecule has 1 amide bonds. The Hall–Kier alpha value is -1.99. The second-order valence-corrected chi connectivity index (χ2v) is 3.77. The molecule has 7 nitrogen and oxygen atoms in total. The fourth-order valence-corrected chi connectivity index (χ4v) is 1.35. The van der Waals surface area contributed by atoms with E-state index < -0.39 is 35.8 Å². The highest BCUT2D eigenvalue weighted by atomic mass is 16.3. The highest BCUT2D eigenvalue weighted by Crippen LogP contribution is 2.36. The smallest absolute Gasteiger partial charge is 0.239 e. The van der Waals surface area contributed by atoms with Crippen molar-refractivity contribution in [1.29, 1.82) is 0 Å². The first-order valence-corrected chi connectivity index (χ1v) is 5.34. The van der Waals surface area contributed by atoms with Gasteiger partial charge in [0.2, 0.25) is 11.7 Å². The van der Waals surface area contributed by atoms with Gasteiger partial charge in [0.25, 0.3) is 0 Å². The molecule has 1 atom stereocenters. The van der Waals surface area contributed by atoms with Crippen molar-refractivity contribution in [2.45, 2.75) is 12.5 Å². The van der Waals surface area contributed by atoms with Crippen molar-refractivity contribution < 1.29 is 25.2 Å². The molecule has 0 fully saturated rings. The molecule has 0 aromatic heterocycles. The standard InChI is InChI=1S/C11H16N2O5/c12-7(5-14)11(18)13-4-3-6-1-2-8(15)10(17)9(6)16/h1-2,7,14-17H,3-5,12H2,(H,13,18)/t7-/m0/s1. The summed E-state index contributed by atoms with van der Waals surface area (Å²) in [6, 6.07) is 1.69. The number of aliphatic hydroxyl groups excluding tert-OH is 1. The molecule has 0 aliphatic carbocycles. The van der Waals surface area contributed by atoms with Crippen molar-refractivity contribution in [1.82, 2.24) is 5.32 Å². The first-order chi connectivity index (χ1) is 8.47. The van der Waals surface area contributed by atoms with Gasteiger partial charge in [0.15, 0.2) is 11.5 Å². The molecule has 0 saturated heterocycles. The predicted octanol–water partition coefficient (Wildman–Crippen LogP) is -1.22. The Morgan fingerprint density at radius 2 is 1.94 bits per heavy atom. The van der Waals surface area contributed by atoms with E-state index in [0.29, 0.717) is 5.56 Å². The van der Waals surface area contributed by atoms with Crippen molar-refractivity contribution >= 4 is 5.91 Å². The fraction of sp³-hybridized carbons (Fsp3) is 0.364. The molecule has 0 heterocycles. The molecule has 1 rings (SSSR count). The lowest BCUT2D eigenvalue weighted by molar-refractivity contribution is -0.123. The lowest BCUT2D eigenvalue weighted by atomic mass is 10.1. The van der Waals surface area contributed by atoms with Crippen LogP contribution in [0.15, 0.2) is 12.1 Å². The van der Waals surface area contributed by atoms with Crippen LogP contribution in [0.4, 0.5) is 0 Å². The number of hydrogen-bond acceptors (Lipinski definition) is 6. The van der Waals surface area contributed by atoms with E-state index in [1.807, 2.05) is 0 Å². The van der Waals surface area contributed by atoms with Gasteiger partial charge in [0, 0.05) is 6.54 Å². The van der Waals surface area contributed by atoms with Gasteiger partial charge in [-0.05, 0) is 18.1 Å². The molecular formula is C11H16N2O5. The van der Waals surface area contributed by atoms with Crippen molar-refractivity contribution in [3.8, 4) is 17.2 Å². The molecular weight excluding hydrogens is 240 g/mol. The Morgan fingerprint density at radius 3 is 2.56 bits per heavy atom. The lowest BCUT2D eigenvalue weighted by Crippen LogP contribution is -2.43. The van der Waals surface area contributed by atoms with Gasteiger partial charge >= 0.3 is 0 Å². The van der Waals surface area contributed by atoms with Crippen LogP contribution in [-0.4, -0.2) is 45.5 Å². The van der Waals surface area contributed by atoms with Gasteiger partial charge in [-0.1, -0.05) is 6.07 Å². The fourth-order valence-electron chi connectivity index (χ4n) is 1.35. The van der Waals surface area contributed by atoms with Crippen LogP contribution >= 0.6 is 0 Å². The highest BCUT2D eigenvalue weighted by molar-refractivity contribution is 5.81. The summed E-state index contributed by atoms with van der Waals surface area (Å²) in [5.74, 6) is -1.93. The van der Waals surface area contributed by atoms with Crippen LogP contribution in [-0.2, 0) is 11.2 Å². The van der Waals surface area contributed by atoms with Gasteiger partial charge in [-0.2, -0.15) is 0 Å². The number of carbonyl (C=O) groups excluding carboxylic acids is 1. The average Bonchev–Trinajstić information content (AvgIpc) is 2.37. The normalized spacial score (nSPS) is 12.1. The molecule has 1 aromatic rings.